The molecular formula is C13H22N2. The molecule has 0 atom stereocenters. The number of aryl methyl sites for hydroxylation is 1. The zero-order chi connectivity index (χ0) is 11.5. The molecule has 2 heteroatoms. The van der Waals surface area contributed by atoms with Gasteiger partial charge in [-0.3, -0.25) is 0 Å². The maximum Gasteiger partial charge on any atom is 0.0368 e. The summed E-state index contributed by atoms with van der Waals surface area (Å²) in [5.74, 6) is 0. The monoisotopic (exact) mass is 206 g/mol. The van der Waals surface area contributed by atoms with Crippen LogP contribution in [-0.2, 0) is 0 Å². The maximum atomic E-state index is 5.63. The van der Waals surface area contributed by atoms with Crippen molar-refractivity contribution in [3.05, 3.63) is 29.8 Å². The van der Waals surface area contributed by atoms with Gasteiger partial charge in [-0.25, -0.2) is 0 Å². The highest BCUT2D eigenvalue weighted by molar-refractivity contribution is 5.48. The summed E-state index contributed by atoms with van der Waals surface area (Å²) in [6.07, 6.45) is 0.997. The van der Waals surface area contributed by atoms with Crippen molar-refractivity contribution in [2.75, 3.05) is 18.5 Å². The van der Waals surface area contributed by atoms with E-state index in [1.54, 1.807) is 0 Å². The fourth-order valence-corrected chi connectivity index (χ4v) is 1.64. The molecule has 0 spiro atoms. The zero-order valence-corrected chi connectivity index (χ0v) is 10.2. The Morgan fingerprint density at radius 1 is 1.20 bits per heavy atom. The van der Waals surface area contributed by atoms with Crippen molar-refractivity contribution in [2.45, 2.75) is 32.7 Å². The average Bonchev–Trinajstić information content (AvgIpc) is 2.18. The molecule has 1 aromatic carbocycles. The fourth-order valence-electron chi connectivity index (χ4n) is 1.64. The lowest BCUT2D eigenvalue weighted by molar-refractivity contribution is 0.456. The Labute approximate surface area is 93.1 Å². The van der Waals surface area contributed by atoms with Crippen LogP contribution in [0, 0.1) is 6.92 Å². The van der Waals surface area contributed by atoms with Crippen LogP contribution in [0.5, 0.6) is 0 Å². The predicted octanol–water partition coefficient (Wildman–Crippen LogP) is 2.56. The first-order valence-electron chi connectivity index (χ1n) is 5.48. The number of hydrogen-bond acceptors (Lipinski definition) is 2. The van der Waals surface area contributed by atoms with E-state index in [0.717, 1.165) is 13.0 Å². The molecule has 0 aliphatic heterocycles. The van der Waals surface area contributed by atoms with E-state index in [1.165, 1.54) is 11.3 Å². The number of nitrogens with two attached hydrogens (primary N) is 1. The summed E-state index contributed by atoms with van der Waals surface area (Å²) in [4.78, 5) is 2.29. The summed E-state index contributed by atoms with van der Waals surface area (Å²) < 4.78 is 0. The summed E-state index contributed by atoms with van der Waals surface area (Å²) in [6.45, 7) is 7.28. The van der Waals surface area contributed by atoms with Crippen LogP contribution >= 0.6 is 0 Å². The molecule has 0 fully saturated rings. The van der Waals surface area contributed by atoms with Gasteiger partial charge < -0.3 is 10.6 Å². The molecule has 0 aliphatic carbocycles. The minimum absolute atomic E-state index is 0.115. The molecule has 0 saturated heterocycles. The van der Waals surface area contributed by atoms with Crippen LogP contribution in [0.15, 0.2) is 24.3 Å². The molecule has 0 saturated carbocycles. The molecule has 84 valence electrons. The van der Waals surface area contributed by atoms with Crippen LogP contribution in [0.4, 0.5) is 5.69 Å². The molecule has 0 unspecified atom stereocenters. The van der Waals surface area contributed by atoms with Crippen LogP contribution < -0.4 is 10.6 Å². The van der Waals surface area contributed by atoms with Crippen molar-refractivity contribution in [3.63, 3.8) is 0 Å². The van der Waals surface area contributed by atoms with E-state index in [9.17, 15) is 0 Å². The third-order valence-corrected chi connectivity index (χ3v) is 3.09. The molecule has 0 aromatic heterocycles. The lowest BCUT2D eigenvalue weighted by Crippen LogP contribution is -2.42. The first kappa shape index (κ1) is 12.1. The summed E-state index contributed by atoms with van der Waals surface area (Å²) in [6, 6.07) is 8.61. The summed E-state index contributed by atoms with van der Waals surface area (Å²) in [7, 11) is 2.13. The Morgan fingerprint density at radius 3 is 2.20 bits per heavy atom. The van der Waals surface area contributed by atoms with E-state index in [2.05, 4.69) is 57.0 Å². The van der Waals surface area contributed by atoms with E-state index in [0.29, 0.717) is 0 Å². The van der Waals surface area contributed by atoms with E-state index >= 15 is 0 Å². The Balaban J connectivity index is 2.84. The molecule has 0 heterocycles. The van der Waals surface area contributed by atoms with Gasteiger partial charge in [0.2, 0.25) is 0 Å². The second kappa shape index (κ2) is 4.67. The minimum Gasteiger partial charge on any atom is -0.369 e. The van der Waals surface area contributed by atoms with E-state index in [1.807, 2.05) is 0 Å². The highest BCUT2D eigenvalue weighted by Crippen LogP contribution is 2.24. The second-order valence-corrected chi connectivity index (χ2v) is 4.75. The van der Waals surface area contributed by atoms with Crippen molar-refractivity contribution in [1.29, 1.82) is 0 Å². The molecule has 0 bridgehead atoms. The summed E-state index contributed by atoms with van der Waals surface area (Å²) in [5, 5.41) is 0. The molecule has 1 rings (SSSR count). The van der Waals surface area contributed by atoms with Crippen LogP contribution in [0.1, 0.15) is 25.8 Å². The van der Waals surface area contributed by atoms with Gasteiger partial charge in [-0.2, -0.15) is 0 Å². The quantitative estimate of drug-likeness (QED) is 0.820. The van der Waals surface area contributed by atoms with E-state index in [4.69, 9.17) is 5.73 Å². The minimum atomic E-state index is 0.115. The number of hydrogen-bond donors (Lipinski definition) is 1. The molecule has 0 radical (unpaired) electrons. The van der Waals surface area contributed by atoms with Crippen molar-refractivity contribution in [1.82, 2.24) is 0 Å². The van der Waals surface area contributed by atoms with Gasteiger partial charge in [-0.05, 0) is 45.9 Å². The standard InChI is InChI=1S/C13H22N2/c1-11-5-7-12(8-6-11)15(4)13(2,3)9-10-14/h5-8H,9-10,14H2,1-4H3. The number of anilines is 1. The van der Waals surface area contributed by atoms with Gasteiger partial charge in [0.05, 0.1) is 0 Å². The average molecular weight is 206 g/mol. The van der Waals surface area contributed by atoms with Crippen LogP contribution in [0.2, 0.25) is 0 Å². The molecule has 15 heavy (non-hydrogen) atoms. The highest BCUT2D eigenvalue weighted by atomic mass is 15.2. The lowest BCUT2D eigenvalue weighted by Gasteiger charge is -2.37. The first-order chi connectivity index (χ1) is 6.97. The van der Waals surface area contributed by atoms with Gasteiger partial charge in [0.15, 0.2) is 0 Å². The number of nitrogens with zero attached hydrogens (tertiary/aromatic N) is 1. The molecule has 2 nitrogen and oxygen atoms in total. The van der Waals surface area contributed by atoms with Gasteiger partial charge in [0.1, 0.15) is 0 Å². The molecule has 0 amide bonds. The lowest BCUT2D eigenvalue weighted by atomic mass is 9.98. The topological polar surface area (TPSA) is 29.3 Å². The summed E-state index contributed by atoms with van der Waals surface area (Å²) in [5.41, 5.74) is 8.29. The Bertz CT molecular complexity index is 301. The first-order valence-corrected chi connectivity index (χ1v) is 5.48. The Hall–Kier alpha value is -1.02. The van der Waals surface area contributed by atoms with Crippen molar-refractivity contribution < 1.29 is 0 Å². The van der Waals surface area contributed by atoms with Gasteiger partial charge in [-0.1, -0.05) is 17.7 Å². The molecule has 0 aliphatic rings. The SMILES string of the molecule is Cc1ccc(N(C)C(C)(C)CCN)cc1. The fraction of sp³-hybridized carbons (Fsp3) is 0.538. The van der Waals surface area contributed by atoms with Crippen molar-refractivity contribution in [3.8, 4) is 0 Å². The van der Waals surface area contributed by atoms with Gasteiger partial charge in [0.25, 0.3) is 0 Å². The van der Waals surface area contributed by atoms with E-state index in [-0.39, 0.29) is 5.54 Å². The van der Waals surface area contributed by atoms with E-state index < -0.39 is 0 Å². The van der Waals surface area contributed by atoms with Gasteiger partial charge in [0, 0.05) is 18.3 Å². The highest BCUT2D eigenvalue weighted by Gasteiger charge is 2.22. The van der Waals surface area contributed by atoms with Crippen LogP contribution in [0.25, 0.3) is 0 Å². The smallest absolute Gasteiger partial charge is 0.0368 e. The molecule has 2 N–H and O–H groups in total. The van der Waals surface area contributed by atoms with Gasteiger partial charge >= 0.3 is 0 Å². The number of rotatable bonds is 4. The van der Waals surface area contributed by atoms with Crippen molar-refractivity contribution in [2.24, 2.45) is 5.73 Å². The number of benzene rings is 1. The van der Waals surface area contributed by atoms with Crippen LogP contribution in [0.3, 0.4) is 0 Å². The predicted molar refractivity (Wildman–Crippen MR) is 67.3 cm³/mol. The Morgan fingerprint density at radius 2 is 1.73 bits per heavy atom. The third-order valence-electron chi connectivity index (χ3n) is 3.09. The molecular weight excluding hydrogens is 184 g/mol. The molecule has 1 aromatic rings. The van der Waals surface area contributed by atoms with Crippen LogP contribution in [-0.4, -0.2) is 19.1 Å². The summed E-state index contributed by atoms with van der Waals surface area (Å²) >= 11 is 0. The normalized spacial score (nSPS) is 11.5. The second-order valence-electron chi connectivity index (χ2n) is 4.75. The maximum absolute atomic E-state index is 5.63. The zero-order valence-electron chi connectivity index (χ0n) is 10.2. The van der Waals surface area contributed by atoms with Gasteiger partial charge in [-0.15, -0.1) is 0 Å². The Kier molecular flexibility index (Phi) is 3.75. The van der Waals surface area contributed by atoms with Crippen molar-refractivity contribution >= 4 is 5.69 Å². The third kappa shape index (κ3) is 2.96. The largest absolute Gasteiger partial charge is 0.369 e.